The van der Waals surface area contributed by atoms with Crippen molar-refractivity contribution < 1.29 is 4.79 Å². The van der Waals surface area contributed by atoms with E-state index in [9.17, 15) is 4.79 Å². The van der Waals surface area contributed by atoms with Gasteiger partial charge in [-0.15, -0.1) is 36.2 Å². The van der Waals surface area contributed by atoms with Crippen LogP contribution in [0.25, 0.3) is 0 Å². The van der Waals surface area contributed by atoms with Gasteiger partial charge in [-0.05, 0) is 31.8 Å². The third-order valence-electron chi connectivity index (χ3n) is 5.97. The van der Waals surface area contributed by atoms with Gasteiger partial charge in [0, 0.05) is 30.9 Å². The number of anilines is 1. The van der Waals surface area contributed by atoms with Gasteiger partial charge >= 0.3 is 0 Å². The first-order valence-corrected chi connectivity index (χ1v) is 9.76. The summed E-state index contributed by atoms with van der Waals surface area (Å²) in [7, 11) is 0. The summed E-state index contributed by atoms with van der Waals surface area (Å²) in [5, 5.41) is 7.43. The van der Waals surface area contributed by atoms with Crippen molar-refractivity contribution in [3.63, 3.8) is 0 Å². The fourth-order valence-electron chi connectivity index (χ4n) is 4.48. The predicted molar refractivity (Wildman–Crippen MR) is 107 cm³/mol. The zero-order chi connectivity index (χ0) is 15.9. The van der Waals surface area contributed by atoms with Gasteiger partial charge < -0.3 is 10.6 Å². The van der Waals surface area contributed by atoms with E-state index in [4.69, 9.17) is 4.98 Å². The molecule has 1 saturated carbocycles. The van der Waals surface area contributed by atoms with Gasteiger partial charge in [-0.2, -0.15) is 0 Å². The Hall–Kier alpha value is -0.400. The summed E-state index contributed by atoms with van der Waals surface area (Å²) in [4.78, 5) is 21.5. The van der Waals surface area contributed by atoms with Crippen molar-refractivity contribution in [2.24, 2.45) is 11.3 Å². The van der Waals surface area contributed by atoms with Gasteiger partial charge in [0.1, 0.15) is 0 Å². The average Bonchev–Trinajstić information content (AvgIpc) is 3.17. The lowest BCUT2D eigenvalue weighted by molar-refractivity contribution is -0.128. The van der Waals surface area contributed by atoms with E-state index < -0.39 is 0 Å². The maximum Gasteiger partial charge on any atom is 0.233 e. The van der Waals surface area contributed by atoms with Crippen LogP contribution in [0.5, 0.6) is 0 Å². The van der Waals surface area contributed by atoms with Crippen molar-refractivity contribution in [3.8, 4) is 0 Å². The van der Waals surface area contributed by atoms with Gasteiger partial charge in [0.15, 0.2) is 5.13 Å². The molecule has 2 N–H and O–H groups in total. The third kappa shape index (κ3) is 3.83. The lowest BCUT2D eigenvalue weighted by atomic mass is 9.68. The molecule has 1 saturated heterocycles. The molecule has 3 aliphatic rings. The highest BCUT2D eigenvalue weighted by Gasteiger charge is 2.50. The predicted octanol–water partition coefficient (Wildman–Crippen LogP) is 3.08. The first kappa shape index (κ1) is 20.9. The molecule has 0 bridgehead atoms. The monoisotopic (exact) mass is 406 g/mol. The molecule has 1 aromatic rings. The van der Waals surface area contributed by atoms with E-state index in [0.29, 0.717) is 5.92 Å². The lowest BCUT2D eigenvalue weighted by Crippen LogP contribution is -2.44. The number of carbonyl (C=O) groups excluding carboxylic acids is 1. The van der Waals surface area contributed by atoms with Gasteiger partial charge in [-0.25, -0.2) is 4.98 Å². The summed E-state index contributed by atoms with van der Waals surface area (Å²) in [6.07, 6.45) is 5.64. The Bertz CT molecular complexity index is 611. The highest BCUT2D eigenvalue weighted by atomic mass is 35.5. The molecule has 142 valence electrons. The molecule has 2 fully saturated rings. The van der Waals surface area contributed by atoms with Crippen LogP contribution in [0.4, 0.5) is 5.13 Å². The molecule has 2 aliphatic heterocycles. The minimum atomic E-state index is -0.195. The van der Waals surface area contributed by atoms with Gasteiger partial charge in [-0.3, -0.25) is 9.69 Å². The van der Waals surface area contributed by atoms with Crippen molar-refractivity contribution in [1.82, 2.24) is 15.2 Å². The van der Waals surface area contributed by atoms with E-state index in [1.165, 1.54) is 29.8 Å². The van der Waals surface area contributed by atoms with E-state index in [2.05, 4.69) is 22.5 Å². The molecular formula is C17H28Cl2N4OS. The Morgan fingerprint density at radius 2 is 2.28 bits per heavy atom. The summed E-state index contributed by atoms with van der Waals surface area (Å²) in [5.41, 5.74) is 0.997. The zero-order valence-corrected chi connectivity index (χ0v) is 17.1. The van der Waals surface area contributed by atoms with Crippen LogP contribution in [0.3, 0.4) is 0 Å². The molecule has 8 heteroatoms. The minimum Gasteiger partial charge on any atom is -0.315 e. The molecule has 0 unspecified atom stereocenters. The quantitative estimate of drug-likeness (QED) is 0.809. The SMILES string of the molecule is CCN1CCc2nc(NC(=O)[C@@]34CCCC[C@H]3CNC4)sc2C1.Cl.Cl. The Kier molecular flexibility index (Phi) is 7.13. The molecular weight excluding hydrogens is 379 g/mol. The van der Waals surface area contributed by atoms with Crippen LogP contribution in [-0.4, -0.2) is 42.0 Å². The third-order valence-corrected chi connectivity index (χ3v) is 6.97. The molecule has 5 nitrogen and oxygen atoms in total. The number of nitrogens with one attached hydrogen (secondary N) is 2. The van der Waals surface area contributed by atoms with Crippen LogP contribution in [0.2, 0.25) is 0 Å². The van der Waals surface area contributed by atoms with Crippen LogP contribution < -0.4 is 10.6 Å². The molecule has 0 aromatic carbocycles. The maximum atomic E-state index is 13.0. The highest BCUT2D eigenvalue weighted by molar-refractivity contribution is 7.15. The van der Waals surface area contributed by atoms with Crippen molar-refractivity contribution in [2.75, 3.05) is 31.5 Å². The highest BCUT2D eigenvalue weighted by Crippen LogP contribution is 2.44. The Morgan fingerprint density at radius 1 is 1.44 bits per heavy atom. The first-order chi connectivity index (χ1) is 11.2. The van der Waals surface area contributed by atoms with Crippen LogP contribution in [0, 0.1) is 11.3 Å². The number of aromatic nitrogens is 1. The van der Waals surface area contributed by atoms with E-state index >= 15 is 0 Å². The maximum absolute atomic E-state index is 13.0. The molecule has 0 spiro atoms. The topological polar surface area (TPSA) is 57.3 Å². The summed E-state index contributed by atoms with van der Waals surface area (Å²) in [5.74, 6) is 0.701. The number of rotatable bonds is 3. The largest absolute Gasteiger partial charge is 0.315 e. The van der Waals surface area contributed by atoms with Crippen LogP contribution in [-0.2, 0) is 17.8 Å². The zero-order valence-electron chi connectivity index (χ0n) is 14.7. The average molecular weight is 407 g/mol. The summed E-state index contributed by atoms with van der Waals surface area (Å²) < 4.78 is 0. The number of fused-ring (bicyclic) bond motifs is 2. The Labute approximate surface area is 166 Å². The van der Waals surface area contributed by atoms with Gasteiger partial charge in [0.05, 0.1) is 11.1 Å². The fourth-order valence-corrected chi connectivity index (χ4v) is 5.53. The van der Waals surface area contributed by atoms with Crippen molar-refractivity contribution in [1.29, 1.82) is 0 Å². The Balaban J connectivity index is 0.00000113. The molecule has 4 rings (SSSR count). The molecule has 1 aliphatic carbocycles. The van der Waals surface area contributed by atoms with Crippen LogP contribution in [0.1, 0.15) is 43.2 Å². The summed E-state index contributed by atoms with van der Waals surface area (Å²) >= 11 is 1.67. The van der Waals surface area contributed by atoms with E-state index in [1.807, 2.05) is 0 Å². The second-order valence-corrected chi connectivity index (χ2v) is 8.28. The fraction of sp³-hybridized carbons (Fsp3) is 0.765. The van der Waals surface area contributed by atoms with Crippen LogP contribution in [0.15, 0.2) is 0 Å². The van der Waals surface area contributed by atoms with Gasteiger partial charge in [0.25, 0.3) is 0 Å². The van der Waals surface area contributed by atoms with Gasteiger partial charge in [0.2, 0.25) is 5.91 Å². The summed E-state index contributed by atoms with van der Waals surface area (Å²) in [6, 6.07) is 0. The number of amides is 1. The van der Waals surface area contributed by atoms with E-state index in [-0.39, 0.29) is 36.1 Å². The van der Waals surface area contributed by atoms with Gasteiger partial charge in [-0.1, -0.05) is 19.8 Å². The number of halogens is 2. The molecule has 0 radical (unpaired) electrons. The molecule has 25 heavy (non-hydrogen) atoms. The smallest absolute Gasteiger partial charge is 0.233 e. The standard InChI is InChI=1S/C17H26N4OS.2ClH/c1-2-21-8-6-13-14(10-21)23-16(19-13)20-15(22)17-7-4-3-5-12(17)9-18-11-17;;/h12,18H,2-11H2,1H3,(H,19,20,22);2*1H/t12-,17+;;/m0../s1. The Morgan fingerprint density at radius 3 is 3.08 bits per heavy atom. The number of hydrogen-bond donors (Lipinski definition) is 2. The van der Waals surface area contributed by atoms with Crippen LogP contribution >= 0.6 is 36.2 Å². The molecule has 3 heterocycles. The van der Waals surface area contributed by atoms with Crippen molar-refractivity contribution in [3.05, 3.63) is 10.6 Å². The number of likely N-dealkylation sites (N-methyl/N-ethyl adjacent to an activating group) is 1. The van der Waals surface area contributed by atoms with Crippen molar-refractivity contribution >= 4 is 47.2 Å². The number of thiazole rings is 1. The normalized spacial score (nSPS) is 28.3. The number of nitrogens with zero attached hydrogens (tertiary/aromatic N) is 2. The minimum absolute atomic E-state index is 0. The number of carbonyl (C=O) groups is 1. The molecule has 2 atom stereocenters. The van der Waals surface area contributed by atoms with E-state index in [0.717, 1.165) is 50.7 Å². The number of hydrogen-bond acceptors (Lipinski definition) is 5. The molecule has 1 amide bonds. The first-order valence-electron chi connectivity index (χ1n) is 8.94. The lowest BCUT2D eigenvalue weighted by Gasteiger charge is -2.36. The van der Waals surface area contributed by atoms with Crippen molar-refractivity contribution in [2.45, 2.75) is 45.6 Å². The van der Waals surface area contributed by atoms with E-state index in [1.54, 1.807) is 11.3 Å². The molecule has 1 aromatic heterocycles. The second-order valence-electron chi connectivity index (χ2n) is 7.19. The summed E-state index contributed by atoms with van der Waals surface area (Å²) in [6.45, 7) is 7.16. The second kappa shape index (κ2) is 8.53.